The number of carbonyl (C=O) groups is 2. The van der Waals surface area contributed by atoms with E-state index in [0.717, 1.165) is 5.56 Å². The average Bonchev–Trinajstić information content (AvgIpc) is 2.60. The largest absolute Gasteiger partial charge is 0.493 e. The second-order valence-corrected chi connectivity index (χ2v) is 5.66. The lowest BCUT2D eigenvalue weighted by atomic mass is 10.0. The van der Waals surface area contributed by atoms with Crippen molar-refractivity contribution in [2.24, 2.45) is 0 Å². The van der Waals surface area contributed by atoms with Crippen LogP contribution < -0.4 is 9.47 Å². The molecule has 3 rings (SSSR count). The fourth-order valence-corrected chi connectivity index (χ4v) is 2.94. The fraction of sp³-hybridized carbons (Fsp3) is 0.412. The van der Waals surface area contributed by atoms with Gasteiger partial charge in [-0.1, -0.05) is 12.1 Å². The van der Waals surface area contributed by atoms with Gasteiger partial charge in [-0.25, -0.2) is 0 Å². The van der Waals surface area contributed by atoms with Gasteiger partial charge < -0.3 is 24.2 Å². The smallest absolute Gasteiger partial charge is 0.305 e. The first kappa shape index (κ1) is 16.3. The third-order valence-corrected chi connectivity index (χ3v) is 4.10. The number of hydrogen-bond acceptors (Lipinski definition) is 5. The van der Waals surface area contributed by atoms with Crippen LogP contribution in [0.15, 0.2) is 23.8 Å². The molecule has 0 bridgehead atoms. The van der Waals surface area contributed by atoms with Gasteiger partial charge in [0.15, 0.2) is 11.5 Å². The maximum atomic E-state index is 12.8. The molecule has 1 aromatic rings. The zero-order valence-electron chi connectivity index (χ0n) is 13.4. The highest BCUT2D eigenvalue weighted by atomic mass is 16.5. The molecule has 0 aliphatic carbocycles. The van der Waals surface area contributed by atoms with Gasteiger partial charge in [0.1, 0.15) is 6.61 Å². The summed E-state index contributed by atoms with van der Waals surface area (Å²) in [5.74, 6) is 0.0660. The number of hydrogen-bond donors (Lipinski definition) is 1. The predicted molar refractivity (Wildman–Crippen MR) is 85.0 cm³/mol. The van der Waals surface area contributed by atoms with E-state index in [2.05, 4.69) is 0 Å². The Morgan fingerprint density at radius 2 is 2.25 bits per heavy atom. The number of ether oxygens (including phenoxy) is 3. The molecule has 1 N–H and O–H groups in total. The number of nitrogens with zero attached hydrogens (tertiary/aromatic N) is 1. The van der Waals surface area contributed by atoms with Gasteiger partial charge in [-0.2, -0.15) is 0 Å². The zero-order chi connectivity index (χ0) is 17.1. The summed E-state index contributed by atoms with van der Waals surface area (Å²) in [5, 5.41) is 9.02. The van der Waals surface area contributed by atoms with Crippen molar-refractivity contribution in [1.82, 2.24) is 4.90 Å². The number of aliphatic carboxylic acids is 1. The van der Waals surface area contributed by atoms with E-state index < -0.39 is 12.0 Å². The minimum Gasteiger partial charge on any atom is -0.493 e. The molecule has 0 spiro atoms. The first-order valence-corrected chi connectivity index (χ1v) is 7.71. The molecular formula is C17H19NO6. The van der Waals surface area contributed by atoms with Crippen molar-refractivity contribution in [3.63, 3.8) is 0 Å². The summed E-state index contributed by atoms with van der Waals surface area (Å²) >= 11 is 0. The molecular weight excluding hydrogens is 314 g/mol. The van der Waals surface area contributed by atoms with Crippen LogP contribution in [0.4, 0.5) is 0 Å². The fourth-order valence-electron chi connectivity index (χ4n) is 2.94. The summed E-state index contributed by atoms with van der Waals surface area (Å²) < 4.78 is 16.3. The zero-order valence-corrected chi connectivity index (χ0v) is 13.4. The number of fused-ring (bicyclic) bond motifs is 1. The van der Waals surface area contributed by atoms with Crippen molar-refractivity contribution in [2.75, 3.05) is 33.5 Å². The molecule has 2 aliphatic rings. The molecule has 0 aromatic heterocycles. The second kappa shape index (κ2) is 6.92. The van der Waals surface area contributed by atoms with Crippen LogP contribution in [0.3, 0.4) is 0 Å². The number of methoxy groups -OCH3 is 1. The number of morpholine rings is 1. The van der Waals surface area contributed by atoms with E-state index in [-0.39, 0.29) is 25.5 Å². The Labute approximate surface area is 139 Å². The third-order valence-electron chi connectivity index (χ3n) is 4.10. The summed E-state index contributed by atoms with van der Waals surface area (Å²) in [6, 6.07) is 5.01. The summed E-state index contributed by atoms with van der Waals surface area (Å²) in [5.41, 5.74) is 1.26. The first-order chi connectivity index (χ1) is 11.6. The van der Waals surface area contributed by atoms with Crippen molar-refractivity contribution in [2.45, 2.75) is 12.5 Å². The van der Waals surface area contributed by atoms with Crippen molar-refractivity contribution < 1.29 is 28.9 Å². The number of para-hydroxylation sites is 1. The quantitative estimate of drug-likeness (QED) is 0.890. The molecule has 0 radical (unpaired) electrons. The summed E-state index contributed by atoms with van der Waals surface area (Å²) in [7, 11) is 1.56. The van der Waals surface area contributed by atoms with E-state index in [1.165, 1.54) is 0 Å². The lowest BCUT2D eigenvalue weighted by Gasteiger charge is -2.35. The van der Waals surface area contributed by atoms with Crippen molar-refractivity contribution in [1.29, 1.82) is 0 Å². The highest BCUT2D eigenvalue weighted by molar-refractivity contribution is 5.99. The number of rotatable bonds is 4. The van der Waals surface area contributed by atoms with Crippen LogP contribution in [0.1, 0.15) is 12.0 Å². The SMILES string of the molecule is COc1cccc2c1OCC(C(=O)N1CCOCC1CC(=O)O)=C2. The molecule has 1 fully saturated rings. The molecule has 2 aliphatic heterocycles. The van der Waals surface area contributed by atoms with E-state index in [9.17, 15) is 9.59 Å². The van der Waals surface area contributed by atoms with Crippen LogP contribution in [0, 0.1) is 0 Å². The predicted octanol–water partition coefficient (Wildman–Crippen LogP) is 1.17. The first-order valence-electron chi connectivity index (χ1n) is 7.71. The van der Waals surface area contributed by atoms with Gasteiger partial charge in [0.25, 0.3) is 5.91 Å². The number of benzene rings is 1. The van der Waals surface area contributed by atoms with Gasteiger partial charge in [0.05, 0.1) is 38.4 Å². The van der Waals surface area contributed by atoms with Crippen molar-refractivity contribution >= 4 is 18.0 Å². The topological polar surface area (TPSA) is 85.3 Å². The Bertz CT molecular complexity index is 684. The Morgan fingerprint density at radius 3 is 3.00 bits per heavy atom. The van der Waals surface area contributed by atoms with Gasteiger partial charge in [0, 0.05) is 12.1 Å². The van der Waals surface area contributed by atoms with E-state index in [0.29, 0.717) is 30.2 Å². The molecule has 0 saturated carbocycles. The summed E-state index contributed by atoms with van der Waals surface area (Å²) in [6.07, 6.45) is 1.64. The number of amides is 1. The molecule has 1 unspecified atom stereocenters. The number of carboxylic acids is 1. The van der Waals surface area contributed by atoms with Gasteiger partial charge in [0.2, 0.25) is 0 Å². The monoisotopic (exact) mass is 333 g/mol. The van der Waals surface area contributed by atoms with Gasteiger partial charge in [-0.3, -0.25) is 9.59 Å². The molecule has 1 atom stereocenters. The van der Waals surface area contributed by atoms with Gasteiger partial charge >= 0.3 is 5.97 Å². The molecule has 128 valence electrons. The standard InChI is InChI=1S/C17H19NO6/c1-22-14-4-2-3-11-7-12(9-24-16(11)14)17(21)18-5-6-23-10-13(18)8-15(19)20/h2-4,7,13H,5-6,8-10H2,1H3,(H,19,20). The molecule has 1 aromatic carbocycles. The maximum absolute atomic E-state index is 12.8. The Morgan fingerprint density at radius 1 is 1.42 bits per heavy atom. The highest BCUT2D eigenvalue weighted by Gasteiger charge is 2.32. The molecule has 7 heteroatoms. The Hall–Kier alpha value is -2.54. The van der Waals surface area contributed by atoms with Crippen LogP contribution in [0.5, 0.6) is 11.5 Å². The van der Waals surface area contributed by atoms with E-state index in [1.54, 1.807) is 24.2 Å². The number of carbonyl (C=O) groups excluding carboxylic acids is 1. The lowest BCUT2D eigenvalue weighted by Crippen LogP contribution is -2.50. The summed E-state index contributed by atoms with van der Waals surface area (Å²) in [4.78, 5) is 25.4. The molecule has 7 nitrogen and oxygen atoms in total. The molecule has 1 saturated heterocycles. The minimum absolute atomic E-state index is 0.128. The Balaban J connectivity index is 1.84. The second-order valence-electron chi connectivity index (χ2n) is 5.66. The van der Waals surface area contributed by atoms with Crippen molar-refractivity contribution in [3.05, 3.63) is 29.3 Å². The normalized spacial score (nSPS) is 19.8. The van der Waals surface area contributed by atoms with Crippen molar-refractivity contribution in [3.8, 4) is 11.5 Å². The molecule has 2 heterocycles. The van der Waals surface area contributed by atoms with Crippen LogP contribution in [-0.2, 0) is 14.3 Å². The minimum atomic E-state index is -0.952. The van der Waals surface area contributed by atoms with Gasteiger partial charge in [-0.05, 0) is 12.1 Å². The lowest BCUT2D eigenvalue weighted by molar-refractivity contribution is -0.144. The maximum Gasteiger partial charge on any atom is 0.305 e. The number of carboxylic acid groups (broad SMARTS) is 1. The molecule has 1 amide bonds. The third kappa shape index (κ3) is 3.21. The van der Waals surface area contributed by atoms with E-state index in [1.807, 2.05) is 12.1 Å². The van der Waals surface area contributed by atoms with Crippen LogP contribution >= 0.6 is 0 Å². The van der Waals surface area contributed by atoms with Crippen LogP contribution in [0.2, 0.25) is 0 Å². The van der Waals surface area contributed by atoms with Crippen LogP contribution in [0.25, 0.3) is 6.08 Å². The Kier molecular flexibility index (Phi) is 4.71. The van der Waals surface area contributed by atoms with Crippen LogP contribution in [-0.4, -0.2) is 61.4 Å². The van der Waals surface area contributed by atoms with E-state index >= 15 is 0 Å². The molecule has 24 heavy (non-hydrogen) atoms. The van der Waals surface area contributed by atoms with E-state index in [4.69, 9.17) is 19.3 Å². The summed E-state index contributed by atoms with van der Waals surface area (Å²) in [6.45, 7) is 1.14. The average molecular weight is 333 g/mol. The van der Waals surface area contributed by atoms with Gasteiger partial charge in [-0.15, -0.1) is 0 Å². The highest BCUT2D eigenvalue weighted by Crippen LogP contribution is 2.36.